The third-order valence-electron chi connectivity index (χ3n) is 5.42. The highest BCUT2D eigenvalue weighted by Crippen LogP contribution is 2.37. The molecule has 8 nitrogen and oxygen atoms in total. The lowest BCUT2D eigenvalue weighted by atomic mass is 9.94. The highest BCUT2D eigenvalue weighted by molar-refractivity contribution is 5.84. The summed E-state index contributed by atoms with van der Waals surface area (Å²) in [5.74, 6) is 0.220. The number of hydrogen-bond donors (Lipinski definition) is 2. The number of carbonyl (C=O) groups is 1. The second kappa shape index (κ2) is 9.71. The molecule has 1 amide bonds. The van der Waals surface area contributed by atoms with Crippen molar-refractivity contribution in [1.29, 1.82) is 0 Å². The molecule has 2 atom stereocenters. The molecule has 0 aromatic heterocycles. The first-order valence-electron chi connectivity index (χ1n) is 10.2. The van der Waals surface area contributed by atoms with Crippen molar-refractivity contribution in [3.05, 3.63) is 0 Å². The van der Waals surface area contributed by atoms with Crippen LogP contribution in [0.5, 0.6) is 0 Å². The average Bonchev–Trinajstić information content (AvgIpc) is 3.32. The number of ether oxygens (including phenoxy) is 3. The fraction of sp³-hybridized carbons (Fsp3) is 0.895. The van der Waals surface area contributed by atoms with Crippen LogP contribution in [0.4, 0.5) is 0 Å². The van der Waals surface area contributed by atoms with E-state index in [2.05, 4.69) is 15.6 Å². The minimum Gasteiger partial charge on any atom is -0.376 e. The molecule has 0 aromatic rings. The van der Waals surface area contributed by atoms with Crippen LogP contribution in [0.1, 0.15) is 44.9 Å². The number of rotatable bonds is 6. The zero-order valence-electron chi connectivity index (χ0n) is 16.7. The van der Waals surface area contributed by atoms with Crippen LogP contribution in [0, 0.1) is 0 Å². The molecule has 3 rings (SSSR count). The zero-order chi connectivity index (χ0) is 19.1. The second-order valence-electron chi connectivity index (χ2n) is 7.87. The third-order valence-corrected chi connectivity index (χ3v) is 5.42. The molecule has 1 aliphatic carbocycles. The van der Waals surface area contributed by atoms with E-state index in [9.17, 15) is 4.79 Å². The minimum absolute atomic E-state index is 0.00220. The first kappa shape index (κ1) is 20.4. The minimum atomic E-state index is -0.367. The molecule has 1 spiro atoms. The molecule has 0 radical (unpaired) electrons. The number of aliphatic imine (C=N–C) groups is 1. The summed E-state index contributed by atoms with van der Waals surface area (Å²) in [7, 11) is 3.47. The number of nitrogens with one attached hydrogen (secondary N) is 2. The summed E-state index contributed by atoms with van der Waals surface area (Å²) >= 11 is 0. The predicted octanol–water partition coefficient (Wildman–Crippen LogP) is 0.865. The summed E-state index contributed by atoms with van der Waals surface area (Å²) in [5, 5.41) is 6.61. The fourth-order valence-electron chi connectivity index (χ4n) is 3.76. The van der Waals surface area contributed by atoms with E-state index in [-0.39, 0.29) is 30.4 Å². The Morgan fingerprint density at radius 2 is 1.85 bits per heavy atom. The van der Waals surface area contributed by atoms with E-state index >= 15 is 0 Å². The van der Waals surface area contributed by atoms with Crippen LogP contribution < -0.4 is 10.6 Å². The SMILES string of the molecule is CN(C)C(=O)CN=C(NCC1CCCO1)NCC1COC2(CCCCC2)O1. The van der Waals surface area contributed by atoms with E-state index in [0.29, 0.717) is 25.7 Å². The maximum absolute atomic E-state index is 11.9. The van der Waals surface area contributed by atoms with Crippen molar-refractivity contribution in [1.82, 2.24) is 15.5 Å². The largest absolute Gasteiger partial charge is 0.376 e. The van der Waals surface area contributed by atoms with Gasteiger partial charge in [-0.15, -0.1) is 0 Å². The van der Waals surface area contributed by atoms with E-state index < -0.39 is 0 Å². The Bertz CT molecular complexity index is 514. The maximum atomic E-state index is 11.9. The summed E-state index contributed by atoms with van der Waals surface area (Å²) in [6.07, 6.45) is 7.93. The van der Waals surface area contributed by atoms with Gasteiger partial charge in [0.2, 0.25) is 5.91 Å². The quantitative estimate of drug-likeness (QED) is 0.524. The normalized spacial score (nSPS) is 27.7. The Hall–Kier alpha value is -1.38. The lowest BCUT2D eigenvalue weighted by molar-refractivity contribution is -0.186. The molecule has 3 aliphatic rings. The van der Waals surface area contributed by atoms with Gasteiger partial charge in [0.05, 0.1) is 12.7 Å². The standard InChI is InChI=1S/C19H34N4O4/c1-23(2)17(24)13-22-18(20-11-15-7-6-10-25-15)21-12-16-14-26-19(27-16)8-4-3-5-9-19/h15-16H,3-14H2,1-2H3,(H2,20,21,22). The third kappa shape index (κ3) is 6.05. The molecule has 1 saturated carbocycles. The number of amides is 1. The number of nitrogens with zero attached hydrogens (tertiary/aromatic N) is 2. The molecule has 2 N–H and O–H groups in total. The smallest absolute Gasteiger partial charge is 0.243 e. The first-order valence-corrected chi connectivity index (χ1v) is 10.2. The van der Waals surface area contributed by atoms with Gasteiger partial charge >= 0.3 is 0 Å². The zero-order valence-corrected chi connectivity index (χ0v) is 16.7. The van der Waals surface area contributed by atoms with Crippen LogP contribution in [0.2, 0.25) is 0 Å². The summed E-state index contributed by atoms with van der Waals surface area (Å²) in [4.78, 5) is 17.8. The summed E-state index contributed by atoms with van der Waals surface area (Å²) in [6, 6.07) is 0. The molecule has 0 aromatic carbocycles. The van der Waals surface area contributed by atoms with Crippen molar-refractivity contribution < 1.29 is 19.0 Å². The lowest BCUT2D eigenvalue weighted by Crippen LogP contribution is -2.45. The van der Waals surface area contributed by atoms with Gasteiger partial charge in [0.25, 0.3) is 0 Å². The van der Waals surface area contributed by atoms with Crippen LogP contribution in [-0.2, 0) is 19.0 Å². The topological polar surface area (TPSA) is 84.4 Å². The Balaban J connectivity index is 1.49. The van der Waals surface area contributed by atoms with Crippen molar-refractivity contribution in [2.45, 2.75) is 62.9 Å². The highest BCUT2D eigenvalue weighted by Gasteiger charge is 2.42. The van der Waals surface area contributed by atoms with Gasteiger partial charge in [-0.1, -0.05) is 6.42 Å². The average molecular weight is 383 g/mol. The predicted molar refractivity (Wildman–Crippen MR) is 103 cm³/mol. The van der Waals surface area contributed by atoms with Crippen molar-refractivity contribution in [2.24, 2.45) is 4.99 Å². The molecule has 8 heteroatoms. The number of hydrogen-bond acceptors (Lipinski definition) is 5. The van der Waals surface area contributed by atoms with E-state index in [0.717, 1.165) is 32.3 Å². The number of guanidine groups is 1. The summed E-state index contributed by atoms with van der Waals surface area (Å²) < 4.78 is 17.9. The van der Waals surface area contributed by atoms with Crippen LogP contribution >= 0.6 is 0 Å². The van der Waals surface area contributed by atoms with E-state index in [4.69, 9.17) is 14.2 Å². The van der Waals surface area contributed by atoms with Crippen LogP contribution in [0.3, 0.4) is 0 Å². The first-order chi connectivity index (χ1) is 13.1. The Kier molecular flexibility index (Phi) is 7.32. The molecule has 2 saturated heterocycles. The van der Waals surface area contributed by atoms with Gasteiger partial charge in [-0.25, -0.2) is 4.99 Å². The highest BCUT2D eigenvalue weighted by atomic mass is 16.7. The molecule has 2 heterocycles. The summed E-state index contributed by atoms with van der Waals surface area (Å²) in [5.41, 5.74) is 0. The molecule has 2 unspecified atom stereocenters. The van der Waals surface area contributed by atoms with E-state index in [1.807, 2.05) is 0 Å². The van der Waals surface area contributed by atoms with E-state index in [1.54, 1.807) is 19.0 Å². The molecular formula is C19H34N4O4. The van der Waals surface area contributed by atoms with Gasteiger partial charge < -0.3 is 29.7 Å². The van der Waals surface area contributed by atoms with Crippen molar-refractivity contribution in [2.75, 3.05) is 46.9 Å². The van der Waals surface area contributed by atoms with Gasteiger partial charge in [0.15, 0.2) is 11.7 Å². The van der Waals surface area contributed by atoms with Gasteiger partial charge in [0, 0.05) is 46.6 Å². The fourth-order valence-corrected chi connectivity index (χ4v) is 3.76. The number of carbonyl (C=O) groups excluding carboxylic acids is 1. The van der Waals surface area contributed by atoms with Gasteiger partial charge in [-0.3, -0.25) is 4.79 Å². The van der Waals surface area contributed by atoms with Crippen molar-refractivity contribution >= 4 is 11.9 Å². The van der Waals surface area contributed by atoms with Crippen molar-refractivity contribution in [3.8, 4) is 0 Å². The van der Waals surface area contributed by atoms with E-state index in [1.165, 1.54) is 19.3 Å². The number of likely N-dealkylation sites (N-methyl/N-ethyl adjacent to an activating group) is 1. The summed E-state index contributed by atoms with van der Waals surface area (Å²) in [6.45, 7) is 2.83. The molecule has 154 valence electrons. The Labute approximate surface area is 162 Å². The van der Waals surface area contributed by atoms with Crippen molar-refractivity contribution in [3.63, 3.8) is 0 Å². The van der Waals surface area contributed by atoms with Gasteiger partial charge in [-0.05, 0) is 25.7 Å². The van der Waals surface area contributed by atoms with Crippen LogP contribution in [-0.4, -0.2) is 81.7 Å². The van der Waals surface area contributed by atoms with Crippen LogP contribution in [0.15, 0.2) is 4.99 Å². The maximum Gasteiger partial charge on any atom is 0.243 e. The second-order valence-corrected chi connectivity index (χ2v) is 7.87. The van der Waals surface area contributed by atoms with Gasteiger partial charge in [-0.2, -0.15) is 0 Å². The van der Waals surface area contributed by atoms with Crippen LogP contribution in [0.25, 0.3) is 0 Å². The molecule has 3 fully saturated rings. The molecule has 0 bridgehead atoms. The lowest BCUT2D eigenvalue weighted by Gasteiger charge is -2.31. The molecule has 27 heavy (non-hydrogen) atoms. The molecule has 2 aliphatic heterocycles. The Morgan fingerprint density at radius 3 is 2.52 bits per heavy atom. The Morgan fingerprint density at radius 1 is 1.11 bits per heavy atom. The van der Waals surface area contributed by atoms with Gasteiger partial charge in [0.1, 0.15) is 12.6 Å². The molecular weight excluding hydrogens is 348 g/mol. The monoisotopic (exact) mass is 382 g/mol.